The van der Waals surface area contributed by atoms with Crippen LogP contribution in [0.2, 0.25) is 0 Å². The summed E-state index contributed by atoms with van der Waals surface area (Å²) >= 11 is 0. The zero-order chi connectivity index (χ0) is 15.1. The highest BCUT2D eigenvalue weighted by atomic mass is 16.1. The minimum absolute atomic E-state index is 0.0492. The van der Waals surface area contributed by atoms with E-state index in [0.29, 0.717) is 12.6 Å². The third kappa shape index (κ3) is 5.16. The Kier molecular flexibility index (Phi) is 6.24. The summed E-state index contributed by atoms with van der Waals surface area (Å²) in [6, 6.07) is 8.41. The van der Waals surface area contributed by atoms with E-state index in [2.05, 4.69) is 17.6 Å². The van der Waals surface area contributed by atoms with Crippen molar-refractivity contribution in [3.8, 4) is 0 Å². The maximum atomic E-state index is 12.0. The highest BCUT2D eigenvalue weighted by molar-refractivity contribution is 5.92. The Morgan fingerprint density at radius 3 is 2.48 bits per heavy atom. The van der Waals surface area contributed by atoms with Crippen molar-refractivity contribution in [2.24, 2.45) is 5.92 Å². The number of carbonyl (C=O) groups is 1. The van der Waals surface area contributed by atoms with Gasteiger partial charge in [0.2, 0.25) is 5.91 Å². The minimum Gasteiger partial charge on any atom is -0.325 e. The molecule has 2 rings (SSSR count). The fourth-order valence-electron chi connectivity index (χ4n) is 3.25. The van der Waals surface area contributed by atoms with Crippen molar-refractivity contribution in [1.82, 2.24) is 5.32 Å². The van der Waals surface area contributed by atoms with Gasteiger partial charge in [-0.3, -0.25) is 4.79 Å². The van der Waals surface area contributed by atoms with Gasteiger partial charge in [-0.2, -0.15) is 0 Å². The molecule has 0 radical (unpaired) electrons. The second-order valence-corrected chi connectivity index (χ2v) is 6.21. The van der Waals surface area contributed by atoms with E-state index in [4.69, 9.17) is 0 Å². The molecule has 0 saturated heterocycles. The molecule has 1 aliphatic rings. The highest BCUT2D eigenvalue weighted by Crippen LogP contribution is 2.27. The van der Waals surface area contributed by atoms with Gasteiger partial charge in [-0.25, -0.2) is 0 Å². The second kappa shape index (κ2) is 8.18. The number of rotatable bonds is 6. The molecule has 2 N–H and O–H groups in total. The van der Waals surface area contributed by atoms with Crippen LogP contribution in [0.3, 0.4) is 0 Å². The van der Waals surface area contributed by atoms with Crippen LogP contribution in [0.5, 0.6) is 0 Å². The van der Waals surface area contributed by atoms with E-state index >= 15 is 0 Å². The first-order valence-electron chi connectivity index (χ1n) is 8.29. The number of nitrogens with one attached hydrogen (secondary N) is 2. The summed E-state index contributed by atoms with van der Waals surface area (Å²) < 4.78 is 0. The lowest BCUT2D eigenvalue weighted by Crippen LogP contribution is -2.41. The van der Waals surface area contributed by atoms with Gasteiger partial charge in [-0.1, -0.05) is 43.9 Å². The Labute approximate surface area is 128 Å². The third-order valence-electron chi connectivity index (χ3n) is 4.52. The van der Waals surface area contributed by atoms with Crippen molar-refractivity contribution in [3.05, 3.63) is 29.8 Å². The fourth-order valence-corrected chi connectivity index (χ4v) is 3.25. The Morgan fingerprint density at radius 1 is 1.19 bits per heavy atom. The van der Waals surface area contributed by atoms with Gasteiger partial charge in [0.25, 0.3) is 0 Å². The van der Waals surface area contributed by atoms with Crippen molar-refractivity contribution < 1.29 is 4.79 Å². The van der Waals surface area contributed by atoms with Crippen molar-refractivity contribution in [2.45, 2.75) is 58.4 Å². The Balaban J connectivity index is 1.77. The molecule has 0 aliphatic heterocycles. The molecule has 0 heterocycles. The van der Waals surface area contributed by atoms with E-state index in [1.54, 1.807) is 0 Å². The topological polar surface area (TPSA) is 41.1 Å². The molecule has 1 fully saturated rings. The van der Waals surface area contributed by atoms with Gasteiger partial charge in [0.15, 0.2) is 0 Å². The Morgan fingerprint density at radius 2 is 1.86 bits per heavy atom. The SMILES string of the molecule is CCC(NCC(=O)Nc1ccc(C)cc1)C1CCCCC1. The number of hydrogen-bond acceptors (Lipinski definition) is 2. The molecule has 1 aliphatic carbocycles. The summed E-state index contributed by atoms with van der Waals surface area (Å²) in [7, 11) is 0. The van der Waals surface area contributed by atoms with E-state index in [1.165, 1.54) is 37.7 Å². The number of amides is 1. The highest BCUT2D eigenvalue weighted by Gasteiger charge is 2.22. The normalized spacial score (nSPS) is 17.4. The molecular weight excluding hydrogens is 260 g/mol. The van der Waals surface area contributed by atoms with Crippen LogP contribution in [0, 0.1) is 12.8 Å². The van der Waals surface area contributed by atoms with Gasteiger partial charge in [0, 0.05) is 11.7 Å². The molecule has 0 bridgehead atoms. The van der Waals surface area contributed by atoms with Crippen LogP contribution in [0.15, 0.2) is 24.3 Å². The van der Waals surface area contributed by atoms with E-state index in [9.17, 15) is 4.79 Å². The van der Waals surface area contributed by atoms with Crippen LogP contribution in [-0.4, -0.2) is 18.5 Å². The molecule has 1 unspecified atom stereocenters. The van der Waals surface area contributed by atoms with E-state index in [1.807, 2.05) is 31.2 Å². The number of aryl methyl sites for hydroxylation is 1. The van der Waals surface area contributed by atoms with Crippen molar-refractivity contribution in [3.63, 3.8) is 0 Å². The van der Waals surface area contributed by atoms with Crippen molar-refractivity contribution in [2.75, 3.05) is 11.9 Å². The van der Waals surface area contributed by atoms with Crippen LogP contribution in [-0.2, 0) is 4.79 Å². The summed E-state index contributed by atoms with van der Waals surface area (Å²) in [5.41, 5.74) is 2.08. The molecule has 1 aromatic rings. The van der Waals surface area contributed by atoms with Gasteiger partial charge in [-0.05, 0) is 44.2 Å². The lowest BCUT2D eigenvalue weighted by atomic mass is 9.83. The zero-order valence-electron chi connectivity index (χ0n) is 13.3. The first-order chi connectivity index (χ1) is 10.2. The van der Waals surface area contributed by atoms with Crippen molar-refractivity contribution >= 4 is 11.6 Å². The molecular formula is C18H28N2O. The Bertz CT molecular complexity index is 435. The van der Waals surface area contributed by atoms with Crippen LogP contribution >= 0.6 is 0 Å². The molecule has 1 amide bonds. The summed E-state index contributed by atoms with van der Waals surface area (Å²) in [5.74, 6) is 0.795. The van der Waals surface area contributed by atoms with E-state index in [-0.39, 0.29) is 5.91 Å². The lowest BCUT2D eigenvalue weighted by Gasteiger charge is -2.30. The molecule has 1 saturated carbocycles. The van der Waals surface area contributed by atoms with Gasteiger partial charge >= 0.3 is 0 Å². The standard InChI is InChI=1S/C18H28N2O/c1-3-17(15-7-5-4-6-8-15)19-13-18(21)20-16-11-9-14(2)10-12-16/h9-12,15,17,19H,3-8,13H2,1-2H3,(H,20,21). The van der Waals surface area contributed by atoms with Crippen LogP contribution in [0.25, 0.3) is 0 Å². The monoisotopic (exact) mass is 288 g/mol. The average Bonchev–Trinajstić information content (AvgIpc) is 2.51. The van der Waals surface area contributed by atoms with Gasteiger partial charge in [0.05, 0.1) is 6.54 Å². The molecule has 0 aromatic heterocycles. The number of anilines is 1. The second-order valence-electron chi connectivity index (χ2n) is 6.21. The average molecular weight is 288 g/mol. The van der Waals surface area contributed by atoms with Crippen molar-refractivity contribution in [1.29, 1.82) is 0 Å². The third-order valence-corrected chi connectivity index (χ3v) is 4.52. The smallest absolute Gasteiger partial charge is 0.238 e. The summed E-state index contributed by atoms with van der Waals surface area (Å²) in [4.78, 5) is 12.0. The molecule has 116 valence electrons. The minimum atomic E-state index is 0.0492. The van der Waals surface area contributed by atoms with Crippen LogP contribution in [0.1, 0.15) is 51.0 Å². The van der Waals surface area contributed by atoms with Gasteiger partial charge in [0.1, 0.15) is 0 Å². The predicted molar refractivity (Wildman–Crippen MR) is 88.5 cm³/mol. The van der Waals surface area contributed by atoms with Gasteiger partial charge < -0.3 is 10.6 Å². The molecule has 0 spiro atoms. The first-order valence-corrected chi connectivity index (χ1v) is 8.29. The summed E-state index contributed by atoms with van der Waals surface area (Å²) in [6.07, 6.45) is 7.79. The van der Waals surface area contributed by atoms with Crippen LogP contribution < -0.4 is 10.6 Å². The Hall–Kier alpha value is -1.35. The summed E-state index contributed by atoms with van der Waals surface area (Å²) in [6.45, 7) is 4.66. The number of hydrogen-bond donors (Lipinski definition) is 2. The molecule has 3 nitrogen and oxygen atoms in total. The lowest BCUT2D eigenvalue weighted by molar-refractivity contribution is -0.115. The molecule has 1 aromatic carbocycles. The van der Waals surface area contributed by atoms with Gasteiger partial charge in [-0.15, -0.1) is 0 Å². The maximum absolute atomic E-state index is 12.0. The van der Waals surface area contributed by atoms with E-state index < -0.39 is 0 Å². The fraction of sp³-hybridized carbons (Fsp3) is 0.611. The maximum Gasteiger partial charge on any atom is 0.238 e. The molecule has 1 atom stereocenters. The predicted octanol–water partition coefficient (Wildman–Crippen LogP) is 3.88. The molecule has 21 heavy (non-hydrogen) atoms. The van der Waals surface area contributed by atoms with Crippen LogP contribution in [0.4, 0.5) is 5.69 Å². The van der Waals surface area contributed by atoms with E-state index in [0.717, 1.165) is 18.0 Å². The number of benzene rings is 1. The molecule has 3 heteroatoms. The quantitative estimate of drug-likeness (QED) is 0.834. The first kappa shape index (κ1) is 16.0. The summed E-state index contributed by atoms with van der Waals surface area (Å²) in [5, 5.41) is 6.41. The number of carbonyl (C=O) groups excluding carboxylic acids is 1. The zero-order valence-corrected chi connectivity index (χ0v) is 13.3. The largest absolute Gasteiger partial charge is 0.325 e.